The number of carbonyl (C=O) groups is 2. The van der Waals surface area contributed by atoms with Crippen LogP contribution in [0.15, 0.2) is 35.8 Å². The number of para-hydroxylation sites is 1. The molecule has 3 amide bonds. The van der Waals surface area contributed by atoms with Crippen LogP contribution >= 0.6 is 11.3 Å². The average molecular weight is 362 g/mol. The number of aromatic nitrogens is 1. The molecule has 2 N–H and O–H groups in total. The van der Waals surface area contributed by atoms with E-state index in [2.05, 4.69) is 15.6 Å². The molecule has 1 aromatic carbocycles. The van der Waals surface area contributed by atoms with Crippen molar-refractivity contribution in [2.24, 2.45) is 0 Å². The number of nitrogens with one attached hydrogen (secondary N) is 2. The number of hydrogen-bond donors (Lipinski definition) is 2. The molecular formula is C17H22N4O3S. The first-order valence-electron chi connectivity index (χ1n) is 7.90. The van der Waals surface area contributed by atoms with Gasteiger partial charge in [0.1, 0.15) is 5.75 Å². The van der Waals surface area contributed by atoms with Crippen LogP contribution in [0.25, 0.3) is 0 Å². The highest BCUT2D eigenvalue weighted by atomic mass is 32.1. The summed E-state index contributed by atoms with van der Waals surface area (Å²) in [6, 6.07) is 6.81. The lowest BCUT2D eigenvalue weighted by Crippen LogP contribution is -2.33. The fourth-order valence-electron chi connectivity index (χ4n) is 2.14. The summed E-state index contributed by atoms with van der Waals surface area (Å²) in [5.41, 5.74) is 0.825. The number of anilines is 1. The number of thiazole rings is 1. The zero-order valence-corrected chi connectivity index (χ0v) is 15.3. The molecule has 0 unspecified atom stereocenters. The Morgan fingerprint density at radius 3 is 2.72 bits per heavy atom. The van der Waals surface area contributed by atoms with Crippen molar-refractivity contribution in [3.8, 4) is 5.75 Å². The third-order valence-corrected chi connectivity index (χ3v) is 4.20. The van der Waals surface area contributed by atoms with E-state index >= 15 is 0 Å². The van der Waals surface area contributed by atoms with Crippen molar-refractivity contribution in [1.29, 1.82) is 0 Å². The molecule has 0 fully saturated rings. The molecule has 1 heterocycles. The van der Waals surface area contributed by atoms with Gasteiger partial charge in [-0.05, 0) is 12.5 Å². The standard InChI is InChI=1S/C17H22N4O3S/c1-4-13(19-16(23)20-17-18-9-10-25-17)12-7-5-6-8-14(12)24-11-15(22)21(2)3/h5-10,13H,4,11H2,1-3H3,(H2,18,19,20,23)/t13-/m1/s1. The average Bonchev–Trinajstić information content (AvgIpc) is 3.10. The van der Waals surface area contributed by atoms with Gasteiger partial charge < -0.3 is 15.0 Å². The third kappa shape index (κ3) is 5.46. The van der Waals surface area contributed by atoms with Gasteiger partial charge in [0.05, 0.1) is 6.04 Å². The molecule has 134 valence electrons. The minimum Gasteiger partial charge on any atom is -0.483 e. The van der Waals surface area contributed by atoms with Gasteiger partial charge in [-0.1, -0.05) is 25.1 Å². The first-order valence-corrected chi connectivity index (χ1v) is 8.78. The number of benzene rings is 1. The summed E-state index contributed by atoms with van der Waals surface area (Å²) in [6.07, 6.45) is 2.30. The van der Waals surface area contributed by atoms with E-state index in [-0.39, 0.29) is 24.6 Å². The summed E-state index contributed by atoms with van der Waals surface area (Å²) in [6.45, 7) is 1.92. The minimum atomic E-state index is -0.332. The quantitative estimate of drug-likeness (QED) is 0.793. The molecular weight excluding hydrogens is 340 g/mol. The Balaban J connectivity index is 2.06. The highest BCUT2D eigenvalue weighted by Gasteiger charge is 2.18. The van der Waals surface area contributed by atoms with E-state index in [9.17, 15) is 9.59 Å². The third-order valence-electron chi connectivity index (χ3n) is 3.51. The van der Waals surface area contributed by atoms with E-state index in [1.54, 1.807) is 31.7 Å². The Bertz CT molecular complexity index is 704. The molecule has 7 nitrogen and oxygen atoms in total. The van der Waals surface area contributed by atoms with Crippen molar-refractivity contribution in [2.45, 2.75) is 19.4 Å². The summed E-state index contributed by atoms with van der Waals surface area (Å²) in [7, 11) is 3.36. The van der Waals surface area contributed by atoms with E-state index in [0.29, 0.717) is 17.3 Å². The van der Waals surface area contributed by atoms with E-state index in [1.165, 1.54) is 16.2 Å². The number of carbonyl (C=O) groups excluding carboxylic acids is 2. The van der Waals surface area contributed by atoms with Gasteiger partial charge in [-0.15, -0.1) is 11.3 Å². The zero-order chi connectivity index (χ0) is 18.2. The fraction of sp³-hybridized carbons (Fsp3) is 0.353. The van der Waals surface area contributed by atoms with Crippen molar-refractivity contribution in [3.05, 3.63) is 41.4 Å². The van der Waals surface area contributed by atoms with E-state index in [4.69, 9.17) is 4.74 Å². The zero-order valence-electron chi connectivity index (χ0n) is 14.5. The molecule has 0 aliphatic heterocycles. The molecule has 0 bridgehead atoms. The lowest BCUT2D eigenvalue weighted by atomic mass is 10.0. The first-order chi connectivity index (χ1) is 12.0. The summed E-state index contributed by atoms with van der Waals surface area (Å²) >= 11 is 1.35. The molecule has 0 spiro atoms. The molecule has 1 aromatic heterocycles. The van der Waals surface area contributed by atoms with Crippen LogP contribution in [-0.2, 0) is 4.79 Å². The van der Waals surface area contributed by atoms with Crippen LogP contribution in [0.5, 0.6) is 5.75 Å². The van der Waals surface area contributed by atoms with Gasteiger partial charge in [-0.25, -0.2) is 9.78 Å². The Kier molecular flexibility index (Phi) is 6.76. The Labute approximate surface area is 151 Å². The number of nitrogens with zero attached hydrogens (tertiary/aromatic N) is 2. The summed E-state index contributed by atoms with van der Waals surface area (Å²) in [5, 5.41) is 7.94. The molecule has 0 radical (unpaired) electrons. The molecule has 0 saturated carbocycles. The van der Waals surface area contributed by atoms with Gasteiger partial charge in [0.15, 0.2) is 11.7 Å². The van der Waals surface area contributed by atoms with Crippen LogP contribution in [0, 0.1) is 0 Å². The van der Waals surface area contributed by atoms with Crippen LogP contribution in [0.2, 0.25) is 0 Å². The smallest absolute Gasteiger partial charge is 0.321 e. The maximum atomic E-state index is 12.2. The first kappa shape index (κ1) is 18.7. The summed E-state index contributed by atoms with van der Waals surface area (Å²) < 4.78 is 5.66. The van der Waals surface area contributed by atoms with Crippen molar-refractivity contribution >= 4 is 28.4 Å². The van der Waals surface area contributed by atoms with Crippen molar-refractivity contribution in [2.75, 3.05) is 26.0 Å². The van der Waals surface area contributed by atoms with Gasteiger partial charge in [0.25, 0.3) is 5.91 Å². The van der Waals surface area contributed by atoms with Crippen LogP contribution in [0.3, 0.4) is 0 Å². The topological polar surface area (TPSA) is 83.6 Å². The maximum absolute atomic E-state index is 12.2. The highest BCUT2D eigenvalue weighted by molar-refractivity contribution is 7.13. The van der Waals surface area contributed by atoms with Crippen molar-refractivity contribution < 1.29 is 14.3 Å². The van der Waals surface area contributed by atoms with Gasteiger partial charge in [-0.2, -0.15) is 0 Å². The lowest BCUT2D eigenvalue weighted by molar-refractivity contribution is -0.130. The molecule has 0 aliphatic rings. The fourth-order valence-corrected chi connectivity index (χ4v) is 2.67. The SMILES string of the molecule is CC[C@@H](NC(=O)Nc1nccs1)c1ccccc1OCC(=O)N(C)C. The van der Waals surface area contributed by atoms with Crippen molar-refractivity contribution in [3.63, 3.8) is 0 Å². The predicted molar refractivity (Wildman–Crippen MR) is 97.9 cm³/mol. The molecule has 25 heavy (non-hydrogen) atoms. The second-order valence-corrected chi connectivity index (χ2v) is 6.41. The van der Waals surface area contributed by atoms with E-state index in [1.807, 2.05) is 25.1 Å². The van der Waals surface area contributed by atoms with Crippen LogP contribution in [-0.4, -0.2) is 42.5 Å². The number of hydrogen-bond acceptors (Lipinski definition) is 5. The molecule has 8 heteroatoms. The number of likely N-dealkylation sites (N-methyl/N-ethyl adjacent to an activating group) is 1. The second kappa shape index (κ2) is 9.03. The highest BCUT2D eigenvalue weighted by Crippen LogP contribution is 2.27. The van der Waals surface area contributed by atoms with E-state index < -0.39 is 0 Å². The normalized spacial score (nSPS) is 11.5. The molecule has 1 atom stereocenters. The Morgan fingerprint density at radius 2 is 2.08 bits per heavy atom. The largest absolute Gasteiger partial charge is 0.483 e. The maximum Gasteiger partial charge on any atom is 0.321 e. The van der Waals surface area contributed by atoms with Crippen LogP contribution in [0.1, 0.15) is 24.9 Å². The monoisotopic (exact) mass is 362 g/mol. The van der Waals surface area contributed by atoms with Gasteiger partial charge in [0.2, 0.25) is 0 Å². The van der Waals surface area contributed by atoms with Crippen LogP contribution in [0.4, 0.5) is 9.93 Å². The Morgan fingerprint density at radius 1 is 1.32 bits per heavy atom. The number of rotatable bonds is 7. The van der Waals surface area contributed by atoms with E-state index in [0.717, 1.165) is 5.56 Å². The molecule has 0 aliphatic carbocycles. The molecule has 0 saturated heterocycles. The van der Waals surface area contributed by atoms with Gasteiger partial charge >= 0.3 is 6.03 Å². The van der Waals surface area contributed by atoms with Gasteiger partial charge in [0, 0.05) is 31.2 Å². The predicted octanol–water partition coefficient (Wildman–Crippen LogP) is 2.88. The van der Waals surface area contributed by atoms with Crippen molar-refractivity contribution in [1.82, 2.24) is 15.2 Å². The Hall–Kier alpha value is -2.61. The second-order valence-electron chi connectivity index (χ2n) is 5.51. The van der Waals surface area contributed by atoms with Gasteiger partial charge in [-0.3, -0.25) is 10.1 Å². The lowest BCUT2D eigenvalue weighted by Gasteiger charge is -2.21. The minimum absolute atomic E-state index is 0.0498. The molecule has 2 aromatic rings. The summed E-state index contributed by atoms with van der Waals surface area (Å²) in [4.78, 5) is 29.4. The summed E-state index contributed by atoms with van der Waals surface area (Å²) in [5.74, 6) is 0.455. The number of ether oxygens (including phenoxy) is 1. The molecule has 2 rings (SSSR count). The number of amides is 3. The number of urea groups is 1. The van der Waals surface area contributed by atoms with Crippen LogP contribution < -0.4 is 15.4 Å².